The van der Waals surface area contributed by atoms with Gasteiger partial charge in [-0.05, 0) is 52.0 Å². The van der Waals surface area contributed by atoms with Gasteiger partial charge in [0.15, 0.2) is 5.78 Å². The van der Waals surface area contributed by atoms with Crippen molar-refractivity contribution in [1.82, 2.24) is 0 Å². The van der Waals surface area contributed by atoms with Crippen molar-refractivity contribution in [1.29, 1.82) is 0 Å². The molecular formula is C21H26O5. The summed E-state index contributed by atoms with van der Waals surface area (Å²) in [5, 5.41) is 0. The van der Waals surface area contributed by atoms with Gasteiger partial charge in [0, 0.05) is 12.1 Å². The van der Waals surface area contributed by atoms with Crippen LogP contribution in [0.4, 0.5) is 0 Å². The molecule has 0 spiro atoms. The summed E-state index contributed by atoms with van der Waals surface area (Å²) in [5.41, 5.74) is 0.945. The Morgan fingerprint density at radius 1 is 0.654 bits per heavy atom. The molecule has 0 fully saturated rings. The van der Waals surface area contributed by atoms with Gasteiger partial charge in [-0.1, -0.05) is 0 Å². The molecule has 0 unspecified atom stereocenters. The van der Waals surface area contributed by atoms with E-state index in [4.69, 9.17) is 18.9 Å². The van der Waals surface area contributed by atoms with Crippen molar-refractivity contribution in [3.05, 3.63) is 47.5 Å². The second-order valence-corrected chi connectivity index (χ2v) is 5.38. The highest BCUT2D eigenvalue weighted by Crippen LogP contribution is 2.32. The Morgan fingerprint density at radius 2 is 1.04 bits per heavy atom. The van der Waals surface area contributed by atoms with Crippen LogP contribution in [0.1, 0.15) is 43.6 Å². The van der Waals surface area contributed by atoms with Gasteiger partial charge in [-0.25, -0.2) is 0 Å². The van der Waals surface area contributed by atoms with Crippen LogP contribution in [-0.2, 0) is 0 Å². The fourth-order valence-corrected chi connectivity index (χ4v) is 2.59. The van der Waals surface area contributed by atoms with E-state index in [1.807, 2.05) is 27.7 Å². The smallest absolute Gasteiger partial charge is 0.200 e. The van der Waals surface area contributed by atoms with Crippen molar-refractivity contribution in [3.8, 4) is 23.0 Å². The zero-order valence-electron chi connectivity index (χ0n) is 15.8. The Hall–Kier alpha value is -2.69. The molecule has 0 saturated heterocycles. The van der Waals surface area contributed by atoms with Crippen molar-refractivity contribution in [2.45, 2.75) is 27.7 Å². The fraction of sp³-hybridized carbons (Fsp3) is 0.381. The van der Waals surface area contributed by atoms with Crippen LogP contribution in [0.3, 0.4) is 0 Å². The van der Waals surface area contributed by atoms with Crippen LogP contribution in [0.15, 0.2) is 36.4 Å². The van der Waals surface area contributed by atoms with E-state index in [9.17, 15) is 4.79 Å². The Bertz CT molecular complexity index is 678. The molecule has 0 saturated carbocycles. The number of hydrogen-bond acceptors (Lipinski definition) is 5. The van der Waals surface area contributed by atoms with E-state index in [1.165, 1.54) is 0 Å². The third-order valence-electron chi connectivity index (χ3n) is 3.62. The maximum atomic E-state index is 13.1. The summed E-state index contributed by atoms with van der Waals surface area (Å²) in [6, 6.07) is 10.5. The molecule has 0 aliphatic rings. The van der Waals surface area contributed by atoms with Gasteiger partial charge >= 0.3 is 0 Å². The summed E-state index contributed by atoms with van der Waals surface area (Å²) >= 11 is 0. The Balaban J connectivity index is 2.44. The van der Waals surface area contributed by atoms with E-state index in [2.05, 4.69) is 0 Å². The van der Waals surface area contributed by atoms with E-state index in [-0.39, 0.29) is 5.78 Å². The molecule has 2 aromatic carbocycles. The summed E-state index contributed by atoms with van der Waals surface area (Å²) in [5.74, 6) is 2.18. The van der Waals surface area contributed by atoms with Crippen LogP contribution >= 0.6 is 0 Å². The third-order valence-corrected chi connectivity index (χ3v) is 3.62. The predicted octanol–water partition coefficient (Wildman–Crippen LogP) is 4.51. The minimum Gasteiger partial charge on any atom is -0.494 e. The first kappa shape index (κ1) is 19.6. The van der Waals surface area contributed by atoms with Gasteiger partial charge in [-0.15, -0.1) is 0 Å². The van der Waals surface area contributed by atoms with E-state index >= 15 is 0 Å². The van der Waals surface area contributed by atoms with Gasteiger partial charge in [-0.3, -0.25) is 4.79 Å². The average molecular weight is 358 g/mol. The minimum atomic E-state index is -0.164. The second-order valence-electron chi connectivity index (χ2n) is 5.38. The van der Waals surface area contributed by atoms with Crippen molar-refractivity contribution in [3.63, 3.8) is 0 Å². The minimum absolute atomic E-state index is 0.164. The number of ether oxygens (including phenoxy) is 4. The lowest BCUT2D eigenvalue weighted by Gasteiger charge is -2.15. The highest BCUT2D eigenvalue weighted by atomic mass is 16.5. The van der Waals surface area contributed by atoms with E-state index in [1.54, 1.807) is 36.4 Å². The summed E-state index contributed by atoms with van der Waals surface area (Å²) in [6.07, 6.45) is 0. The molecule has 0 aromatic heterocycles. The monoisotopic (exact) mass is 358 g/mol. The van der Waals surface area contributed by atoms with E-state index in [0.717, 1.165) is 0 Å². The normalized spacial score (nSPS) is 10.3. The number of carbonyl (C=O) groups excluding carboxylic acids is 1. The maximum absolute atomic E-state index is 13.1. The average Bonchev–Trinajstić information content (AvgIpc) is 2.63. The van der Waals surface area contributed by atoms with Gasteiger partial charge in [0.2, 0.25) is 0 Å². The van der Waals surface area contributed by atoms with Gasteiger partial charge in [-0.2, -0.15) is 0 Å². The largest absolute Gasteiger partial charge is 0.494 e. The van der Waals surface area contributed by atoms with Crippen molar-refractivity contribution in [2.24, 2.45) is 0 Å². The van der Waals surface area contributed by atoms with Crippen LogP contribution in [0.5, 0.6) is 23.0 Å². The van der Waals surface area contributed by atoms with Crippen LogP contribution in [0.25, 0.3) is 0 Å². The lowest BCUT2D eigenvalue weighted by molar-refractivity contribution is 0.103. The molecule has 0 heterocycles. The Kier molecular flexibility index (Phi) is 7.33. The molecule has 0 radical (unpaired) electrons. The molecule has 5 heteroatoms. The van der Waals surface area contributed by atoms with Gasteiger partial charge < -0.3 is 18.9 Å². The molecule has 5 nitrogen and oxygen atoms in total. The molecule has 0 amide bonds. The molecule has 2 aromatic rings. The highest BCUT2D eigenvalue weighted by molar-refractivity contribution is 6.12. The van der Waals surface area contributed by atoms with Crippen molar-refractivity contribution >= 4 is 5.78 Å². The molecular weight excluding hydrogens is 332 g/mol. The zero-order chi connectivity index (χ0) is 18.9. The Morgan fingerprint density at radius 3 is 1.38 bits per heavy atom. The van der Waals surface area contributed by atoms with E-state index in [0.29, 0.717) is 60.6 Å². The molecule has 0 bridgehead atoms. The van der Waals surface area contributed by atoms with Gasteiger partial charge in [0.25, 0.3) is 0 Å². The van der Waals surface area contributed by atoms with E-state index < -0.39 is 0 Å². The van der Waals surface area contributed by atoms with Crippen LogP contribution in [-0.4, -0.2) is 32.2 Å². The van der Waals surface area contributed by atoms with Crippen LogP contribution < -0.4 is 18.9 Å². The summed E-state index contributed by atoms with van der Waals surface area (Å²) in [6.45, 7) is 9.59. The fourth-order valence-electron chi connectivity index (χ4n) is 2.59. The Labute approximate surface area is 154 Å². The predicted molar refractivity (Wildman–Crippen MR) is 101 cm³/mol. The summed E-state index contributed by atoms with van der Waals surface area (Å²) in [4.78, 5) is 13.1. The molecule has 140 valence electrons. The highest BCUT2D eigenvalue weighted by Gasteiger charge is 2.20. The second kappa shape index (κ2) is 9.70. The molecule has 2 rings (SSSR count). The standard InChI is InChI=1S/C21H26O5/c1-5-23-15-9-11-17(19(13-15)25-7-3)21(22)18-12-10-16(24-6-2)14-20(18)26-8-4/h9-14H,5-8H2,1-4H3. The van der Waals surface area contributed by atoms with Gasteiger partial charge in [0.05, 0.1) is 37.6 Å². The third kappa shape index (κ3) is 4.69. The topological polar surface area (TPSA) is 54.0 Å². The first-order chi connectivity index (χ1) is 12.6. The quantitative estimate of drug-likeness (QED) is 0.585. The summed E-state index contributed by atoms with van der Waals surface area (Å²) in [7, 11) is 0. The van der Waals surface area contributed by atoms with Crippen LogP contribution in [0, 0.1) is 0 Å². The number of carbonyl (C=O) groups is 1. The molecule has 26 heavy (non-hydrogen) atoms. The lowest BCUT2D eigenvalue weighted by Crippen LogP contribution is -2.09. The number of benzene rings is 2. The maximum Gasteiger partial charge on any atom is 0.200 e. The number of ketones is 1. The number of rotatable bonds is 10. The molecule has 0 aliphatic carbocycles. The first-order valence-corrected chi connectivity index (χ1v) is 8.98. The van der Waals surface area contributed by atoms with Crippen LogP contribution in [0.2, 0.25) is 0 Å². The molecule has 0 atom stereocenters. The lowest BCUT2D eigenvalue weighted by atomic mass is 10.0. The molecule has 0 aliphatic heterocycles. The molecule has 0 N–H and O–H groups in total. The SMILES string of the molecule is CCOc1ccc(C(=O)c2ccc(OCC)cc2OCC)c(OCC)c1. The van der Waals surface area contributed by atoms with Crippen molar-refractivity contribution in [2.75, 3.05) is 26.4 Å². The number of hydrogen-bond donors (Lipinski definition) is 0. The first-order valence-electron chi connectivity index (χ1n) is 8.98. The van der Waals surface area contributed by atoms with Crippen molar-refractivity contribution < 1.29 is 23.7 Å². The van der Waals surface area contributed by atoms with Gasteiger partial charge in [0.1, 0.15) is 23.0 Å². The zero-order valence-corrected chi connectivity index (χ0v) is 15.8. The summed E-state index contributed by atoms with van der Waals surface area (Å²) < 4.78 is 22.3.